The van der Waals surface area contributed by atoms with Crippen molar-refractivity contribution in [3.8, 4) is 0 Å². The van der Waals surface area contributed by atoms with Gasteiger partial charge < -0.3 is 4.90 Å². The van der Waals surface area contributed by atoms with E-state index >= 15 is 0 Å². The van der Waals surface area contributed by atoms with E-state index in [1.165, 1.54) is 5.56 Å². The fraction of sp³-hybridized carbons (Fsp3) is 0.500. The van der Waals surface area contributed by atoms with Gasteiger partial charge in [0.15, 0.2) is 0 Å². The predicted molar refractivity (Wildman–Crippen MR) is 68.9 cm³/mol. The Bertz CT molecular complexity index is 382. The molecule has 0 radical (unpaired) electrons. The van der Waals surface area contributed by atoms with Crippen LogP contribution in [0, 0.1) is 6.92 Å². The van der Waals surface area contributed by atoms with E-state index in [-0.39, 0.29) is 11.9 Å². The van der Waals surface area contributed by atoms with Crippen molar-refractivity contribution < 1.29 is 4.79 Å². The zero-order valence-electron chi connectivity index (χ0n) is 10.9. The zero-order chi connectivity index (χ0) is 12.3. The third-order valence-corrected chi connectivity index (χ3v) is 2.63. The van der Waals surface area contributed by atoms with E-state index < -0.39 is 0 Å². The number of anilines is 1. The lowest BCUT2D eigenvalue weighted by Gasteiger charge is -2.22. The maximum Gasteiger partial charge on any atom is 0.231 e. The molecule has 1 amide bonds. The number of rotatable bonds is 1. The lowest BCUT2D eigenvalue weighted by Crippen LogP contribution is -2.33. The minimum absolute atomic E-state index is 0.223. The van der Waals surface area contributed by atoms with E-state index in [1.807, 2.05) is 18.7 Å². The molecule has 0 saturated carbocycles. The Kier molecular flexibility index (Phi) is 4.11. The predicted octanol–water partition coefficient (Wildman–Crippen LogP) is 3.32. The highest BCUT2D eigenvalue weighted by atomic mass is 16.2. The van der Waals surface area contributed by atoms with Crippen LogP contribution in [0.5, 0.6) is 0 Å². The SMILES string of the molecule is CC.Cc1ccc2c(c1)N(C(C)C)C(=O)C2. The number of fused-ring (bicyclic) bond motifs is 1. The van der Waals surface area contributed by atoms with E-state index in [4.69, 9.17) is 0 Å². The number of carbonyl (C=O) groups is 1. The van der Waals surface area contributed by atoms with Crippen LogP contribution in [0.1, 0.15) is 38.8 Å². The Labute approximate surface area is 98.3 Å². The fourth-order valence-electron chi connectivity index (χ4n) is 2.00. The van der Waals surface area contributed by atoms with E-state index in [0.29, 0.717) is 6.42 Å². The number of amides is 1. The molecule has 1 aromatic rings. The first kappa shape index (κ1) is 12.8. The summed E-state index contributed by atoms with van der Waals surface area (Å²) in [5.74, 6) is 0.223. The van der Waals surface area contributed by atoms with Crippen molar-refractivity contribution in [2.24, 2.45) is 0 Å². The molecule has 0 unspecified atom stereocenters. The molecule has 0 bridgehead atoms. The summed E-state index contributed by atoms with van der Waals surface area (Å²) in [5.41, 5.74) is 3.48. The molecule has 0 spiro atoms. The molecular weight excluding hydrogens is 198 g/mol. The number of hydrogen-bond donors (Lipinski definition) is 0. The first-order chi connectivity index (χ1) is 7.59. The third kappa shape index (κ3) is 2.26. The average Bonchev–Trinajstić information content (AvgIpc) is 2.56. The third-order valence-electron chi connectivity index (χ3n) is 2.63. The molecule has 1 heterocycles. The molecule has 0 aromatic heterocycles. The number of aryl methyl sites for hydroxylation is 1. The van der Waals surface area contributed by atoms with Gasteiger partial charge in [-0.2, -0.15) is 0 Å². The van der Waals surface area contributed by atoms with Crippen LogP contribution in [-0.2, 0) is 11.2 Å². The quantitative estimate of drug-likeness (QED) is 0.709. The largest absolute Gasteiger partial charge is 0.309 e. The number of nitrogens with zero attached hydrogens (tertiary/aromatic N) is 1. The van der Waals surface area contributed by atoms with Crippen molar-refractivity contribution in [2.75, 3.05) is 4.90 Å². The average molecular weight is 219 g/mol. The van der Waals surface area contributed by atoms with Crippen molar-refractivity contribution in [3.05, 3.63) is 29.3 Å². The van der Waals surface area contributed by atoms with Crippen LogP contribution < -0.4 is 4.90 Å². The molecule has 0 saturated heterocycles. The molecule has 2 nitrogen and oxygen atoms in total. The summed E-state index contributed by atoms with van der Waals surface area (Å²) in [6, 6.07) is 6.48. The second kappa shape index (κ2) is 5.15. The topological polar surface area (TPSA) is 20.3 Å². The maximum absolute atomic E-state index is 11.7. The molecule has 88 valence electrons. The highest BCUT2D eigenvalue weighted by molar-refractivity contribution is 6.01. The van der Waals surface area contributed by atoms with Crippen molar-refractivity contribution >= 4 is 11.6 Å². The van der Waals surface area contributed by atoms with Crippen molar-refractivity contribution in [2.45, 2.75) is 47.1 Å². The molecule has 1 aliphatic heterocycles. The molecule has 0 N–H and O–H groups in total. The van der Waals surface area contributed by atoms with Gasteiger partial charge in [0, 0.05) is 11.7 Å². The van der Waals surface area contributed by atoms with Gasteiger partial charge in [0.1, 0.15) is 0 Å². The van der Waals surface area contributed by atoms with Gasteiger partial charge in [-0.05, 0) is 38.0 Å². The summed E-state index contributed by atoms with van der Waals surface area (Å²) in [6.45, 7) is 10.2. The Morgan fingerprint density at radius 2 is 1.88 bits per heavy atom. The molecular formula is C14H21NO. The summed E-state index contributed by atoms with van der Waals surface area (Å²) in [7, 11) is 0. The zero-order valence-corrected chi connectivity index (χ0v) is 10.9. The van der Waals surface area contributed by atoms with Crippen LogP contribution in [0.3, 0.4) is 0 Å². The smallest absolute Gasteiger partial charge is 0.231 e. The van der Waals surface area contributed by atoms with Crippen LogP contribution in [0.4, 0.5) is 5.69 Å². The first-order valence-electron chi connectivity index (χ1n) is 6.01. The molecule has 0 atom stereocenters. The van der Waals surface area contributed by atoms with E-state index in [2.05, 4.69) is 39.0 Å². The van der Waals surface area contributed by atoms with E-state index in [9.17, 15) is 4.79 Å². The first-order valence-corrected chi connectivity index (χ1v) is 6.01. The van der Waals surface area contributed by atoms with Crippen molar-refractivity contribution in [3.63, 3.8) is 0 Å². The van der Waals surface area contributed by atoms with Crippen molar-refractivity contribution in [1.29, 1.82) is 0 Å². The van der Waals surface area contributed by atoms with Crippen molar-refractivity contribution in [1.82, 2.24) is 0 Å². The summed E-state index contributed by atoms with van der Waals surface area (Å²) >= 11 is 0. The molecule has 2 heteroatoms. The van der Waals surface area contributed by atoms with Gasteiger partial charge in [-0.25, -0.2) is 0 Å². The monoisotopic (exact) mass is 219 g/mol. The van der Waals surface area contributed by atoms with Gasteiger partial charge in [0.25, 0.3) is 0 Å². The Balaban J connectivity index is 0.000000606. The van der Waals surface area contributed by atoms with E-state index in [0.717, 1.165) is 11.3 Å². The van der Waals surface area contributed by atoms with Gasteiger partial charge in [-0.1, -0.05) is 26.0 Å². The normalized spacial score (nSPS) is 13.6. The standard InChI is InChI=1S/C12H15NO.C2H6/c1-8(2)13-11-6-9(3)4-5-10(11)7-12(13)14;1-2/h4-6,8H,7H2,1-3H3;1-2H3. The van der Waals surface area contributed by atoms with Crippen LogP contribution >= 0.6 is 0 Å². The molecule has 0 fully saturated rings. The molecule has 2 rings (SSSR count). The Morgan fingerprint density at radius 3 is 2.44 bits per heavy atom. The van der Waals surface area contributed by atoms with E-state index in [1.54, 1.807) is 0 Å². The lowest BCUT2D eigenvalue weighted by atomic mass is 10.1. The van der Waals surface area contributed by atoms with Gasteiger partial charge in [-0.15, -0.1) is 0 Å². The summed E-state index contributed by atoms with van der Waals surface area (Å²) in [4.78, 5) is 13.6. The number of benzene rings is 1. The van der Waals surface area contributed by atoms with Crippen LogP contribution in [-0.4, -0.2) is 11.9 Å². The molecule has 1 aliphatic rings. The Hall–Kier alpha value is -1.31. The van der Waals surface area contributed by atoms with Gasteiger partial charge >= 0.3 is 0 Å². The van der Waals surface area contributed by atoms with Gasteiger partial charge in [-0.3, -0.25) is 4.79 Å². The minimum atomic E-state index is 0.223. The van der Waals surface area contributed by atoms with Crippen LogP contribution in [0.25, 0.3) is 0 Å². The maximum atomic E-state index is 11.7. The molecule has 16 heavy (non-hydrogen) atoms. The molecule has 0 aliphatic carbocycles. The van der Waals surface area contributed by atoms with Crippen LogP contribution in [0.2, 0.25) is 0 Å². The number of carbonyl (C=O) groups excluding carboxylic acids is 1. The fourth-order valence-corrected chi connectivity index (χ4v) is 2.00. The lowest BCUT2D eigenvalue weighted by molar-refractivity contribution is -0.117. The summed E-state index contributed by atoms with van der Waals surface area (Å²) < 4.78 is 0. The van der Waals surface area contributed by atoms with Gasteiger partial charge in [0.05, 0.1) is 6.42 Å². The van der Waals surface area contributed by atoms with Gasteiger partial charge in [0.2, 0.25) is 5.91 Å². The molecule has 1 aromatic carbocycles. The van der Waals surface area contributed by atoms with Crippen LogP contribution in [0.15, 0.2) is 18.2 Å². The Morgan fingerprint density at radius 1 is 1.25 bits per heavy atom. The highest BCUT2D eigenvalue weighted by Crippen LogP contribution is 2.31. The minimum Gasteiger partial charge on any atom is -0.309 e. The highest BCUT2D eigenvalue weighted by Gasteiger charge is 2.28. The second-order valence-electron chi connectivity index (χ2n) is 4.17. The summed E-state index contributed by atoms with van der Waals surface area (Å²) in [5, 5.41) is 0. The number of hydrogen-bond acceptors (Lipinski definition) is 1. The second-order valence-corrected chi connectivity index (χ2v) is 4.17. The summed E-state index contributed by atoms with van der Waals surface area (Å²) in [6.07, 6.45) is 0.563.